The third kappa shape index (κ3) is 4.53. The number of benzene rings is 2. The van der Waals surface area contributed by atoms with Crippen molar-refractivity contribution in [3.8, 4) is 0 Å². The van der Waals surface area contributed by atoms with Crippen molar-refractivity contribution in [2.75, 3.05) is 0 Å². The number of nitrogens with two attached hydrogens (primary N) is 1. The Labute approximate surface area is 142 Å². The number of nitrogens with zero attached hydrogens (tertiary/aromatic N) is 1. The molecule has 7 nitrogen and oxygen atoms in total. The van der Waals surface area contributed by atoms with Gasteiger partial charge in [-0.15, -0.1) is 0 Å². The van der Waals surface area contributed by atoms with Gasteiger partial charge < -0.3 is 11.1 Å². The van der Waals surface area contributed by atoms with Gasteiger partial charge in [-0.25, -0.2) is 0 Å². The van der Waals surface area contributed by atoms with Crippen LogP contribution in [-0.2, 0) is 11.2 Å². The molecule has 0 spiro atoms. The number of carbonyl (C=O) groups is 2. The van der Waals surface area contributed by atoms with Crippen molar-refractivity contribution in [2.45, 2.75) is 12.5 Å². The summed E-state index contributed by atoms with van der Waals surface area (Å²) in [4.78, 5) is 34.0. The quantitative estimate of drug-likeness (QED) is 0.614. The zero-order valence-corrected chi connectivity index (χ0v) is 13.2. The summed E-state index contributed by atoms with van der Waals surface area (Å²) in [6.07, 6.45) is 0.188. The zero-order valence-electron chi connectivity index (χ0n) is 12.4. The Balaban J connectivity index is 2.13. The topological polar surface area (TPSA) is 115 Å². The van der Waals surface area contributed by atoms with Crippen molar-refractivity contribution in [1.29, 1.82) is 0 Å². The second-order valence-corrected chi connectivity index (χ2v) is 5.50. The molecule has 0 heterocycles. The molecule has 0 aliphatic heterocycles. The van der Waals surface area contributed by atoms with Crippen molar-refractivity contribution in [3.63, 3.8) is 0 Å². The van der Waals surface area contributed by atoms with Crippen LogP contribution in [-0.4, -0.2) is 22.8 Å². The maximum atomic E-state index is 12.2. The van der Waals surface area contributed by atoms with E-state index in [-0.39, 0.29) is 17.7 Å². The van der Waals surface area contributed by atoms with Crippen molar-refractivity contribution in [1.82, 2.24) is 5.32 Å². The van der Waals surface area contributed by atoms with Crippen LogP contribution >= 0.6 is 11.6 Å². The lowest BCUT2D eigenvalue weighted by atomic mass is 10.0. The lowest BCUT2D eigenvalue weighted by Gasteiger charge is -2.15. The second-order valence-electron chi connectivity index (χ2n) is 5.07. The highest BCUT2D eigenvalue weighted by atomic mass is 35.5. The Morgan fingerprint density at radius 2 is 1.88 bits per heavy atom. The molecular weight excluding hydrogens is 334 g/mol. The minimum atomic E-state index is -0.946. The number of hydrogen-bond donors (Lipinski definition) is 2. The smallest absolute Gasteiger partial charge is 0.270 e. The number of non-ortho nitro benzene ring substituents is 1. The summed E-state index contributed by atoms with van der Waals surface area (Å²) in [6, 6.07) is 11.0. The van der Waals surface area contributed by atoms with E-state index in [1.54, 1.807) is 24.3 Å². The van der Waals surface area contributed by atoms with Crippen LogP contribution in [0, 0.1) is 10.1 Å². The average Bonchev–Trinajstić information content (AvgIpc) is 2.56. The number of nitro benzene ring substituents is 1. The zero-order chi connectivity index (χ0) is 17.7. The van der Waals surface area contributed by atoms with E-state index in [9.17, 15) is 19.7 Å². The minimum Gasteiger partial charge on any atom is -0.368 e. The van der Waals surface area contributed by atoms with Crippen molar-refractivity contribution < 1.29 is 14.5 Å². The molecule has 124 valence electrons. The maximum absolute atomic E-state index is 12.2. The van der Waals surface area contributed by atoms with Gasteiger partial charge in [0, 0.05) is 29.1 Å². The highest BCUT2D eigenvalue weighted by Gasteiger charge is 2.20. The standard InChI is InChI=1S/C16H14ClN3O4/c17-12-6-4-10(5-7-12)8-14(15(18)21)19-16(22)11-2-1-3-13(9-11)20(23)24/h1-7,9,14H,8H2,(H2,18,21)(H,19,22)/t14-/m1/s1. The van der Waals surface area contributed by atoms with Gasteiger partial charge >= 0.3 is 0 Å². The van der Waals surface area contributed by atoms with E-state index in [0.29, 0.717) is 5.02 Å². The summed E-state index contributed by atoms with van der Waals surface area (Å²) in [5.41, 5.74) is 5.96. The molecule has 2 rings (SSSR count). The summed E-state index contributed by atoms with van der Waals surface area (Å²) in [6.45, 7) is 0. The van der Waals surface area contributed by atoms with Crippen LogP contribution in [0.5, 0.6) is 0 Å². The summed E-state index contributed by atoms with van der Waals surface area (Å²) < 4.78 is 0. The van der Waals surface area contributed by atoms with E-state index in [2.05, 4.69) is 5.32 Å². The van der Waals surface area contributed by atoms with Crippen LogP contribution < -0.4 is 11.1 Å². The number of amides is 2. The third-order valence-corrected chi connectivity index (χ3v) is 3.57. The van der Waals surface area contributed by atoms with Crippen molar-refractivity contribution in [2.24, 2.45) is 5.73 Å². The summed E-state index contributed by atoms with van der Waals surface area (Å²) in [5, 5.41) is 13.8. The van der Waals surface area contributed by atoms with Gasteiger partial charge in [0.25, 0.3) is 11.6 Å². The molecule has 24 heavy (non-hydrogen) atoms. The molecule has 2 amide bonds. The van der Waals surface area contributed by atoms with Gasteiger partial charge in [0.2, 0.25) is 5.91 Å². The molecule has 0 saturated heterocycles. The van der Waals surface area contributed by atoms with E-state index in [1.165, 1.54) is 18.2 Å². The predicted molar refractivity (Wildman–Crippen MR) is 88.7 cm³/mol. The van der Waals surface area contributed by atoms with Gasteiger partial charge in [-0.05, 0) is 23.8 Å². The van der Waals surface area contributed by atoms with E-state index < -0.39 is 22.8 Å². The first-order valence-electron chi connectivity index (χ1n) is 6.96. The predicted octanol–water partition coefficient (Wildman–Crippen LogP) is 2.07. The van der Waals surface area contributed by atoms with Gasteiger partial charge in [0.05, 0.1) is 4.92 Å². The van der Waals surface area contributed by atoms with Crippen molar-refractivity contribution >= 4 is 29.1 Å². The summed E-state index contributed by atoms with van der Waals surface area (Å²) >= 11 is 5.80. The first-order chi connectivity index (χ1) is 11.4. The van der Waals surface area contributed by atoms with E-state index in [0.717, 1.165) is 11.6 Å². The average molecular weight is 348 g/mol. The number of rotatable bonds is 6. The molecule has 0 radical (unpaired) electrons. The third-order valence-electron chi connectivity index (χ3n) is 3.32. The number of nitro groups is 1. The number of carbonyl (C=O) groups excluding carboxylic acids is 2. The van der Waals surface area contributed by atoms with E-state index in [4.69, 9.17) is 17.3 Å². The molecule has 0 aliphatic carbocycles. The number of halogens is 1. The number of primary amides is 1. The SMILES string of the molecule is NC(=O)[C@@H](Cc1ccc(Cl)cc1)NC(=O)c1cccc([N+](=O)[O-])c1. The molecule has 0 unspecified atom stereocenters. The summed E-state index contributed by atoms with van der Waals surface area (Å²) in [5.74, 6) is -1.32. The van der Waals surface area contributed by atoms with Crippen LogP contribution in [0.2, 0.25) is 5.02 Å². The maximum Gasteiger partial charge on any atom is 0.270 e. The molecule has 1 atom stereocenters. The first-order valence-corrected chi connectivity index (χ1v) is 7.33. The highest BCUT2D eigenvalue weighted by Crippen LogP contribution is 2.14. The van der Waals surface area contributed by atoms with Gasteiger partial charge in [-0.1, -0.05) is 29.8 Å². The Kier molecular flexibility index (Phi) is 5.49. The van der Waals surface area contributed by atoms with Crippen LogP contribution in [0.4, 0.5) is 5.69 Å². The van der Waals surface area contributed by atoms with Crippen LogP contribution in [0.3, 0.4) is 0 Å². The molecule has 0 aliphatic rings. The second kappa shape index (κ2) is 7.56. The molecule has 0 saturated carbocycles. The molecule has 3 N–H and O–H groups in total. The van der Waals surface area contributed by atoms with Crippen LogP contribution in [0.1, 0.15) is 15.9 Å². The van der Waals surface area contributed by atoms with E-state index >= 15 is 0 Å². The van der Waals surface area contributed by atoms with Gasteiger partial charge in [0.15, 0.2) is 0 Å². The molecule has 2 aromatic rings. The molecule has 8 heteroatoms. The number of nitrogens with one attached hydrogen (secondary N) is 1. The molecule has 0 fully saturated rings. The lowest BCUT2D eigenvalue weighted by molar-refractivity contribution is -0.384. The molecular formula is C16H14ClN3O4. The largest absolute Gasteiger partial charge is 0.368 e. The van der Waals surface area contributed by atoms with E-state index in [1.807, 2.05) is 0 Å². The normalized spacial score (nSPS) is 11.5. The lowest BCUT2D eigenvalue weighted by Crippen LogP contribution is -2.45. The van der Waals surface area contributed by atoms with Crippen LogP contribution in [0.25, 0.3) is 0 Å². The van der Waals surface area contributed by atoms with Gasteiger partial charge in [-0.3, -0.25) is 19.7 Å². The van der Waals surface area contributed by atoms with Crippen LogP contribution in [0.15, 0.2) is 48.5 Å². The fraction of sp³-hybridized carbons (Fsp3) is 0.125. The monoisotopic (exact) mass is 347 g/mol. The Morgan fingerprint density at radius 1 is 1.21 bits per heavy atom. The summed E-state index contributed by atoms with van der Waals surface area (Å²) in [7, 11) is 0. The molecule has 2 aromatic carbocycles. The fourth-order valence-electron chi connectivity index (χ4n) is 2.08. The van der Waals surface area contributed by atoms with Crippen molar-refractivity contribution in [3.05, 3.63) is 74.8 Å². The molecule has 0 bridgehead atoms. The first kappa shape index (κ1) is 17.4. The fourth-order valence-corrected chi connectivity index (χ4v) is 2.21. The Hall–Kier alpha value is -2.93. The minimum absolute atomic E-state index is 0.0755. The Bertz CT molecular complexity index is 777. The van der Waals surface area contributed by atoms with Gasteiger partial charge in [-0.2, -0.15) is 0 Å². The van der Waals surface area contributed by atoms with Gasteiger partial charge in [0.1, 0.15) is 6.04 Å². The Morgan fingerprint density at radius 3 is 2.46 bits per heavy atom. The highest BCUT2D eigenvalue weighted by molar-refractivity contribution is 6.30. The number of hydrogen-bond acceptors (Lipinski definition) is 4. The molecule has 0 aromatic heterocycles.